The topological polar surface area (TPSA) is 37.3 Å². The first kappa shape index (κ1) is 30.5. The Balaban J connectivity index is 3.80. The van der Waals surface area contributed by atoms with Gasteiger partial charge in [-0.05, 0) is 31.1 Å². The van der Waals surface area contributed by atoms with Crippen LogP contribution < -0.4 is 0 Å². The first-order valence-corrected chi connectivity index (χ1v) is 14.3. The molecule has 0 aromatic heterocycles. The van der Waals surface area contributed by atoms with Gasteiger partial charge in [0.05, 0.1) is 5.92 Å². The predicted molar refractivity (Wildman–Crippen MR) is 138 cm³/mol. The summed E-state index contributed by atoms with van der Waals surface area (Å²) in [7, 11) is 0. The highest BCUT2D eigenvalue weighted by atomic mass is 16.4. The van der Waals surface area contributed by atoms with Crippen LogP contribution in [0.2, 0.25) is 0 Å². The summed E-state index contributed by atoms with van der Waals surface area (Å²) in [5, 5.41) is 9.72. The summed E-state index contributed by atoms with van der Waals surface area (Å²) in [6, 6.07) is 0. The van der Waals surface area contributed by atoms with E-state index in [1.807, 2.05) is 0 Å². The maximum Gasteiger partial charge on any atom is 0.306 e. The molecule has 0 aromatic rings. The number of hydrogen-bond donors (Lipinski definition) is 1. The van der Waals surface area contributed by atoms with Gasteiger partial charge in [0.15, 0.2) is 0 Å². The van der Waals surface area contributed by atoms with Crippen LogP contribution in [0.1, 0.15) is 163 Å². The van der Waals surface area contributed by atoms with Crippen molar-refractivity contribution >= 4 is 5.97 Å². The Morgan fingerprint density at radius 2 is 1.10 bits per heavy atom. The summed E-state index contributed by atoms with van der Waals surface area (Å²) in [6.45, 7) is 9.07. The van der Waals surface area contributed by atoms with Crippen LogP contribution in [0.5, 0.6) is 0 Å². The van der Waals surface area contributed by atoms with Gasteiger partial charge in [-0.1, -0.05) is 143 Å². The van der Waals surface area contributed by atoms with Gasteiger partial charge in [0.1, 0.15) is 0 Å². The fourth-order valence-electron chi connectivity index (χ4n) is 4.99. The van der Waals surface area contributed by atoms with Gasteiger partial charge in [0.2, 0.25) is 0 Å². The van der Waals surface area contributed by atoms with Gasteiger partial charge in [-0.15, -0.1) is 0 Å². The standard InChI is InChI=1S/C29H58O2/c1-5-8-10-11-12-13-14-15-16-17-18-19-21-26(4)23-24-28(29(30)31)25-27(20-7-3)22-9-6-2/h26-28H,5-25H2,1-4H3,(H,30,31). The lowest BCUT2D eigenvalue weighted by Gasteiger charge is -2.22. The van der Waals surface area contributed by atoms with Crippen LogP contribution >= 0.6 is 0 Å². The van der Waals surface area contributed by atoms with Crippen molar-refractivity contribution < 1.29 is 9.90 Å². The van der Waals surface area contributed by atoms with Crippen molar-refractivity contribution in [1.82, 2.24) is 0 Å². The third-order valence-corrected chi connectivity index (χ3v) is 7.19. The molecule has 0 spiro atoms. The molecular formula is C29H58O2. The van der Waals surface area contributed by atoms with Gasteiger partial charge in [-0.2, -0.15) is 0 Å². The minimum atomic E-state index is -0.560. The van der Waals surface area contributed by atoms with E-state index in [1.54, 1.807) is 0 Å². The van der Waals surface area contributed by atoms with Crippen molar-refractivity contribution in [2.75, 3.05) is 0 Å². The normalized spacial score (nSPS) is 14.5. The molecule has 2 heteroatoms. The van der Waals surface area contributed by atoms with Gasteiger partial charge in [0.25, 0.3) is 0 Å². The molecular weight excluding hydrogens is 380 g/mol. The molecule has 3 unspecified atom stereocenters. The van der Waals surface area contributed by atoms with E-state index in [0.29, 0.717) is 11.8 Å². The number of unbranched alkanes of at least 4 members (excludes halogenated alkanes) is 12. The molecule has 31 heavy (non-hydrogen) atoms. The van der Waals surface area contributed by atoms with Gasteiger partial charge in [-0.25, -0.2) is 0 Å². The summed E-state index contributed by atoms with van der Waals surface area (Å²) in [5.41, 5.74) is 0. The lowest BCUT2D eigenvalue weighted by atomic mass is 9.83. The van der Waals surface area contributed by atoms with E-state index in [9.17, 15) is 9.90 Å². The Hall–Kier alpha value is -0.530. The van der Waals surface area contributed by atoms with E-state index < -0.39 is 5.97 Å². The molecule has 0 fully saturated rings. The molecule has 0 bridgehead atoms. The second kappa shape index (κ2) is 22.7. The van der Waals surface area contributed by atoms with Gasteiger partial charge in [-0.3, -0.25) is 4.79 Å². The highest BCUT2D eigenvalue weighted by Gasteiger charge is 2.22. The Morgan fingerprint density at radius 1 is 0.581 bits per heavy atom. The first-order chi connectivity index (χ1) is 15.0. The van der Waals surface area contributed by atoms with E-state index >= 15 is 0 Å². The molecule has 0 aliphatic rings. The van der Waals surface area contributed by atoms with Crippen molar-refractivity contribution in [2.24, 2.45) is 17.8 Å². The third kappa shape index (κ3) is 19.9. The monoisotopic (exact) mass is 438 g/mol. The molecule has 0 aliphatic heterocycles. The van der Waals surface area contributed by atoms with Crippen LogP contribution in [0.25, 0.3) is 0 Å². The number of rotatable bonds is 24. The molecule has 0 saturated heterocycles. The van der Waals surface area contributed by atoms with Crippen LogP contribution in [0.4, 0.5) is 0 Å². The fraction of sp³-hybridized carbons (Fsp3) is 0.966. The summed E-state index contributed by atoms with van der Waals surface area (Å²) in [5.74, 6) is 0.593. The average molecular weight is 439 g/mol. The first-order valence-electron chi connectivity index (χ1n) is 14.3. The quantitative estimate of drug-likeness (QED) is 0.152. The van der Waals surface area contributed by atoms with Crippen LogP contribution in [0.15, 0.2) is 0 Å². The third-order valence-electron chi connectivity index (χ3n) is 7.19. The molecule has 186 valence electrons. The second-order valence-electron chi connectivity index (χ2n) is 10.4. The maximum atomic E-state index is 11.8. The van der Waals surface area contributed by atoms with Crippen LogP contribution in [0, 0.1) is 17.8 Å². The number of carboxylic acid groups (broad SMARTS) is 1. The van der Waals surface area contributed by atoms with Gasteiger partial charge < -0.3 is 5.11 Å². The minimum absolute atomic E-state index is 0.127. The summed E-state index contributed by atoms with van der Waals surface area (Å²) < 4.78 is 0. The SMILES string of the molecule is CCCCCCCCCCCCCCC(C)CCC(CC(CCC)CCCC)C(=O)O. The smallest absolute Gasteiger partial charge is 0.306 e. The van der Waals surface area contributed by atoms with Crippen molar-refractivity contribution in [3.05, 3.63) is 0 Å². The molecule has 0 saturated carbocycles. The second-order valence-corrected chi connectivity index (χ2v) is 10.4. The number of aliphatic carboxylic acids is 1. The highest BCUT2D eigenvalue weighted by molar-refractivity contribution is 5.69. The van der Waals surface area contributed by atoms with Crippen molar-refractivity contribution in [3.63, 3.8) is 0 Å². The molecule has 0 rings (SSSR count). The van der Waals surface area contributed by atoms with E-state index in [0.717, 1.165) is 19.3 Å². The maximum absolute atomic E-state index is 11.8. The van der Waals surface area contributed by atoms with E-state index in [-0.39, 0.29) is 5.92 Å². The number of carbonyl (C=O) groups is 1. The molecule has 2 nitrogen and oxygen atoms in total. The van der Waals surface area contributed by atoms with E-state index in [2.05, 4.69) is 27.7 Å². The minimum Gasteiger partial charge on any atom is -0.481 e. The van der Waals surface area contributed by atoms with Crippen LogP contribution in [0.3, 0.4) is 0 Å². The summed E-state index contributed by atoms with van der Waals surface area (Å²) in [4.78, 5) is 11.8. The zero-order valence-electron chi connectivity index (χ0n) is 21.9. The average Bonchev–Trinajstić information content (AvgIpc) is 2.75. The Bertz CT molecular complexity index is 379. The predicted octanol–water partition coefficient (Wildman–Crippen LogP) is 10.2. The van der Waals surface area contributed by atoms with Gasteiger partial charge in [0, 0.05) is 0 Å². The number of carboxylic acids is 1. The molecule has 0 heterocycles. The lowest BCUT2D eigenvalue weighted by Crippen LogP contribution is -2.19. The van der Waals surface area contributed by atoms with E-state index in [1.165, 1.54) is 116 Å². The molecule has 3 atom stereocenters. The molecule has 0 aromatic carbocycles. The fourth-order valence-corrected chi connectivity index (χ4v) is 4.99. The zero-order valence-corrected chi connectivity index (χ0v) is 21.9. The van der Waals surface area contributed by atoms with Crippen LogP contribution in [-0.2, 0) is 4.79 Å². The highest BCUT2D eigenvalue weighted by Crippen LogP contribution is 2.28. The molecule has 1 N–H and O–H groups in total. The molecule has 0 amide bonds. The lowest BCUT2D eigenvalue weighted by molar-refractivity contribution is -0.142. The Labute approximate surface area is 196 Å². The van der Waals surface area contributed by atoms with Crippen molar-refractivity contribution in [1.29, 1.82) is 0 Å². The van der Waals surface area contributed by atoms with Crippen molar-refractivity contribution in [2.45, 2.75) is 163 Å². The Kier molecular flexibility index (Phi) is 22.3. The van der Waals surface area contributed by atoms with Crippen LogP contribution in [-0.4, -0.2) is 11.1 Å². The molecule has 0 aliphatic carbocycles. The molecule has 0 radical (unpaired) electrons. The summed E-state index contributed by atoms with van der Waals surface area (Å²) in [6.07, 6.45) is 27.0. The largest absolute Gasteiger partial charge is 0.481 e. The Morgan fingerprint density at radius 3 is 1.58 bits per heavy atom. The number of hydrogen-bond acceptors (Lipinski definition) is 1. The zero-order chi connectivity index (χ0) is 23.2. The summed E-state index contributed by atoms with van der Waals surface area (Å²) >= 11 is 0. The van der Waals surface area contributed by atoms with Gasteiger partial charge >= 0.3 is 5.97 Å². The van der Waals surface area contributed by atoms with Crippen molar-refractivity contribution in [3.8, 4) is 0 Å². The van der Waals surface area contributed by atoms with E-state index in [4.69, 9.17) is 0 Å².